The lowest BCUT2D eigenvalue weighted by Gasteiger charge is -2.28. The van der Waals surface area contributed by atoms with E-state index in [4.69, 9.17) is 0 Å². The topological polar surface area (TPSA) is 70.6 Å². The highest BCUT2D eigenvalue weighted by Crippen LogP contribution is 2.19. The Morgan fingerprint density at radius 3 is 2.00 bits per heavy atom. The molecule has 0 aliphatic heterocycles. The zero-order valence-electron chi connectivity index (χ0n) is 13.7. The van der Waals surface area contributed by atoms with Gasteiger partial charge in [0.05, 0.1) is 5.75 Å². The number of rotatable bonds is 5. The summed E-state index contributed by atoms with van der Waals surface area (Å²) in [5.74, 6) is 0.951. The third-order valence-corrected chi connectivity index (χ3v) is 3.55. The minimum Gasteiger partial charge on any atom is -0.356 e. The van der Waals surface area contributed by atoms with E-state index in [9.17, 15) is 8.42 Å². The average molecular weight is 419 g/mol. The van der Waals surface area contributed by atoms with Crippen molar-refractivity contribution in [3.05, 3.63) is 0 Å². The summed E-state index contributed by atoms with van der Waals surface area (Å²) in [6.45, 7) is 11.0. The molecule has 0 heterocycles. The lowest BCUT2D eigenvalue weighted by molar-refractivity contribution is 0.346. The van der Waals surface area contributed by atoms with Crippen LogP contribution in [0.1, 0.15) is 41.0 Å². The molecule has 0 aromatic carbocycles. The van der Waals surface area contributed by atoms with Gasteiger partial charge in [0.2, 0.25) is 0 Å². The smallest absolute Gasteiger partial charge is 0.191 e. The van der Waals surface area contributed by atoms with Crippen LogP contribution >= 0.6 is 24.0 Å². The Balaban J connectivity index is 0. The van der Waals surface area contributed by atoms with Crippen molar-refractivity contribution in [2.24, 2.45) is 10.4 Å². The third kappa shape index (κ3) is 13.0. The van der Waals surface area contributed by atoms with E-state index in [0.717, 1.165) is 5.96 Å². The van der Waals surface area contributed by atoms with Gasteiger partial charge < -0.3 is 10.6 Å². The summed E-state index contributed by atoms with van der Waals surface area (Å²) in [6.07, 6.45) is 1.90. The molecule has 20 heavy (non-hydrogen) atoms. The number of nitrogens with one attached hydrogen (secondary N) is 2. The first kappa shape index (κ1) is 22.2. The maximum Gasteiger partial charge on any atom is 0.191 e. The molecule has 0 aliphatic carbocycles. The second-order valence-electron chi connectivity index (χ2n) is 6.84. The maximum absolute atomic E-state index is 11.2. The minimum absolute atomic E-state index is 0. The van der Waals surface area contributed by atoms with Crippen LogP contribution in [0.25, 0.3) is 0 Å². The van der Waals surface area contributed by atoms with Crippen LogP contribution in [0.5, 0.6) is 0 Å². The van der Waals surface area contributed by atoms with Gasteiger partial charge >= 0.3 is 0 Å². The van der Waals surface area contributed by atoms with Gasteiger partial charge in [-0.2, -0.15) is 0 Å². The van der Waals surface area contributed by atoms with Crippen LogP contribution in [0.15, 0.2) is 4.99 Å². The molecule has 0 aliphatic rings. The molecular formula is C13H30IN3O2S. The van der Waals surface area contributed by atoms with Crippen LogP contribution in [-0.4, -0.2) is 45.5 Å². The molecule has 0 aromatic heterocycles. The van der Waals surface area contributed by atoms with Crippen LogP contribution in [-0.2, 0) is 9.84 Å². The molecule has 0 saturated heterocycles. The predicted molar refractivity (Wildman–Crippen MR) is 97.8 cm³/mol. The number of sulfone groups is 1. The molecule has 0 rings (SSSR count). The summed E-state index contributed by atoms with van der Waals surface area (Å²) < 4.78 is 22.4. The lowest BCUT2D eigenvalue weighted by Crippen LogP contribution is -2.49. The zero-order valence-corrected chi connectivity index (χ0v) is 16.8. The summed E-state index contributed by atoms with van der Waals surface area (Å²) >= 11 is 0. The summed E-state index contributed by atoms with van der Waals surface area (Å²) in [5.41, 5.74) is -0.155. The molecule has 7 heteroatoms. The molecule has 0 atom stereocenters. The Morgan fingerprint density at radius 2 is 1.65 bits per heavy atom. The van der Waals surface area contributed by atoms with E-state index in [1.54, 1.807) is 7.05 Å². The molecule has 0 fully saturated rings. The molecule has 0 saturated carbocycles. The van der Waals surface area contributed by atoms with Crippen molar-refractivity contribution in [2.45, 2.75) is 46.6 Å². The van der Waals surface area contributed by atoms with Crippen molar-refractivity contribution < 1.29 is 8.42 Å². The minimum atomic E-state index is -2.90. The van der Waals surface area contributed by atoms with Crippen molar-refractivity contribution in [1.82, 2.24) is 10.6 Å². The highest BCUT2D eigenvalue weighted by molar-refractivity contribution is 14.0. The number of hydrogen-bond acceptors (Lipinski definition) is 3. The Bertz CT molecular complexity index is 412. The Labute approximate surface area is 141 Å². The second kappa shape index (κ2) is 8.41. The van der Waals surface area contributed by atoms with E-state index in [2.05, 4.69) is 50.2 Å². The lowest BCUT2D eigenvalue weighted by atomic mass is 9.90. The van der Waals surface area contributed by atoms with Crippen molar-refractivity contribution in [3.8, 4) is 0 Å². The van der Waals surface area contributed by atoms with Crippen LogP contribution in [0.2, 0.25) is 0 Å². The normalized spacial score (nSPS) is 13.7. The molecule has 0 unspecified atom stereocenters. The monoisotopic (exact) mass is 419 g/mol. The van der Waals surface area contributed by atoms with E-state index in [0.29, 0.717) is 13.0 Å². The van der Waals surface area contributed by atoms with Gasteiger partial charge in [0.25, 0.3) is 0 Å². The first-order chi connectivity index (χ1) is 8.35. The fourth-order valence-corrected chi connectivity index (χ4v) is 2.33. The molecule has 5 nitrogen and oxygen atoms in total. The zero-order chi connectivity index (χ0) is 15.3. The Morgan fingerprint density at radius 1 is 1.15 bits per heavy atom. The highest BCUT2D eigenvalue weighted by Gasteiger charge is 2.21. The molecule has 2 N–H and O–H groups in total. The molecule has 0 amide bonds. The summed E-state index contributed by atoms with van der Waals surface area (Å²) in [5, 5.41) is 6.52. The fourth-order valence-electron chi connectivity index (χ4n) is 1.41. The summed E-state index contributed by atoms with van der Waals surface area (Å²) in [4.78, 5) is 4.16. The number of guanidine groups is 1. The van der Waals surface area contributed by atoms with Crippen LogP contribution < -0.4 is 10.6 Å². The van der Waals surface area contributed by atoms with Gasteiger partial charge in [-0.15, -0.1) is 24.0 Å². The van der Waals surface area contributed by atoms with Crippen LogP contribution in [0.3, 0.4) is 0 Å². The van der Waals surface area contributed by atoms with Gasteiger partial charge in [0.15, 0.2) is 5.96 Å². The maximum atomic E-state index is 11.2. The fraction of sp³-hybridized carbons (Fsp3) is 0.923. The van der Waals surface area contributed by atoms with Gasteiger partial charge in [0, 0.05) is 25.4 Å². The van der Waals surface area contributed by atoms with E-state index in [1.807, 2.05) is 0 Å². The van der Waals surface area contributed by atoms with Crippen LogP contribution in [0, 0.1) is 5.41 Å². The Kier molecular flexibility index (Phi) is 9.35. The number of aliphatic imine (C=N–C) groups is 1. The van der Waals surface area contributed by atoms with Crippen molar-refractivity contribution in [3.63, 3.8) is 0 Å². The summed E-state index contributed by atoms with van der Waals surface area (Å²) in [7, 11) is -1.18. The predicted octanol–water partition coefficient (Wildman–Crippen LogP) is 2.03. The van der Waals surface area contributed by atoms with Crippen molar-refractivity contribution >= 4 is 39.8 Å². The quantitative estimate of drug-likeness (QED) is 0.407. The number of halogens is 1. The SMILES string of the molecule is CN=C(NCC(C)(C)CCS(C)(=O)=O)NC(C)(C)C.I. The highest BCUT2D eigenvalue weighted by atomic mass is 127. The van der Waals surface area contributed by atoms with Gasteiger partial charge in [-0.25, -0.2) is 8.42 Å². The first-order valence-corrected chi connectivity index (χ1v) is 8.57. The molecule has 122 valence electrons. The van der Waals surface area contributed by atoms with Crippen molar-refractivity contribution in [1.29, 1.82) is 0 Å². The number of nitrogens with zero attached hydrogens (tertiary/aromatic N) is 1. The Hall–Kier alpha value is -0.0500. The van der Waals surface area contributed by atoms with E-state index >= 15 is 0 Å². The van der Waals surface area contributed by atoms with Gasteiger partial charge in [-0.1, -0.05) is 13.8 Å². The molecule has 0 bridgehead atoms. The molecule has 0 radical (unpaired) electrons. The summed E-state index contributed by atoms with van der Waals surface area (Å²) in [6, 6.07) is 0. The third-order valence-electron chi connectivity index (χ3n) is 2.60. The van der Waals surface area contributed by atoms with Gasteiger partial charge in [0.1, 0.15) is 9.84 Å². The first-order valence-electron chi connectivity index (χ1n) is 6.51. The van der Waals surface area contributed by atoms with E-state index < -0.39 is 9.84 Å². The van der Waals surface area contributed by atoms with E-state index in [-0.39, 0.29) is 40.7 Å². The standard InChI is InChI=1S/C13H29N3O2S.HI/c1-12(2,3)16-11(14-6)15-10-13(4,5)8-9-19(7,17)18;/h8-10H2,1-7H3,(H2,14,15,16);1H. The van der Waals surface area contributed by atoms with Crippen LogP contribution in [0.4, 0.5) is 0 Å². The molecule has 0 aromatic rings. The van der Waals surface area contributed by atoms with E-state index in [1.165, 1.54) is 6.26 Å². The molecule has 0 spiro atoms. The molecular weight excluding hydrogens is 389 g/mol. The number of hydrogen-bond donors (Lipinski definition) is 2. The van der Waals surface area contributed by atoms with Crippen molar-refractivity contribution in [2.75, 3.05) is 25.6 Å². The second-order valence-corrected chi connectivity index (χ2v) is 9.10. The largest absolute Gasteiger partial charge is 0.356 e. The van der Waals surface area contributed by atoms with Gasteiger partial charge in [-0.3, -0.25) is 4.99 Å². The van der Waals surface area contributed by atoms with Gasteiger partial charge in [-0.05, 0) is 32.6 Å². The average Bonchev–Trinajstić information content (AvgIpc) is 2.19.